The zero-order valence-electron chi connectivity index (χ0n) is 18.4. The number of hydrogen-bond acceptors (Lipinski definition) is 5. The van der Waals surface area contributed by atoms with Crippen LogP contribution in [0.2, 0.25) is 0 Å². The van der Waals surface area contributed by atoms with Gasteiger partial charge in [-0.15, -0.1) is 11.3 Å². The Kier molecular flexibility index (Phi) is 5.99. The summed E-state index contributed by atoms with van der Waals surface area (Å²) in [4.78, 5) is 13.0. The lowest BCUT2D eigenvalue weighted by Crippen LogP contribution is -2.35. The zero-order valence-corrected chi connectivity index (χ0v) is 20.0. The average molecular weight is 483 g/mol. The number of nitrogens with one attached hydrogen (secondary N) is 1. The molecular formula is C25H26N2O4S2. The van der Waals surface area contributed by atoms with Crippen LogP contribution in [-0.4, -0.2) is 32.3 Å². The first-order valence-corrected chi connectivity index (χ1v) is 13.4. The highest BCUT2D eigenvalue weighted by molar-refractivity contribution is 7.91. The predicted molar refractivity (Wildman–Crippen MR) is 128 cm³/mol. The number of rotatable bonds is 7. The number of ether oxygens (including phenoxy) is 1. The van der Waals surface area contributed by atoms with E-state index in [4.69, 9.17) is 4.74 Å². The molecule has 8 heteroatoms. The second-order valence-corrected chi connectivity index (χ2v) is 11.6. The molecule has 2 aliphatic rings. The first-order valence-electron chi connectivity index (χ1n) is 11.1. The number of thiophene rings is 1. The van der Waals surface area contributed by atoms with Crippen molar-refractivity contribution in [2.24, 2.45) is 5.92 Å². The molecule has 0 bridgehead atoms. The molecule has 2 heterocycles. The van der Waals surface area contributed by atoms with E-state index in [1.807, 2.05) is 48.5 Å². The lowest BCUT2D eigenvalue weighted by atomic mass is 10.0. The van der Waals surface area contributed by atoms with Crippen LogP contribution in [0, 0.1) is 5.92 Å². The predicted octanol–water partition coefficient (Wildman–Crippen LogP) is 4.38. The summed E-state index contributed by atoms with van der Waals surface area (Å²) in [5.41, 5.74) is 3.64. The molecule has 1 aromatic heterocycles. The van der Waals surface area contributed by atoms with E-state index < -0.39 is 10.0 Å². The number of hydrogen-bond donors (Lipinski definition) is 1. The summed E-state index contributed by atoms with van der Waals surface area (Å²) in [7, 11) is -2.03. The number of carbonyl (C=O) groups excluding carboxylic acids is 1. The Bertz CT molecular complexity index is 1260. The van der Waals surface area contributed by atoms with Gasteiger partial charge in [-0.2, -0.15) is 4.31 Å². The van der Waals surface area contributed by atoms with Crippen LogP contribution in [0.25, 0.3) is 0 Å². The van der Waals surface area contributed by atoms with Crippen LogP contribution in [0.1, 0.15) is 45.9 Å². The molecule has 1 fully saturated rings. The largest absolute Gasteiger partial charge is 0.497 e. The summed E-state index contributed by atoms with van der Waals surface area (Å²) in [5.74, 6) is 0.926. The van der Waals surface area contributed by atoms with E-state index >= 15 is 0 Å². The molecule has 1 atom stereocenters. The summed E-state index contributed by atoms with van der Waals surface area (Å²) < 4.78 is 33.4. The number of benzene rings is 2. The molecule has 1 saturated carbocycles. The molecule has 5 rings (SSSR count). The molecule has 0 spiro atoms. The monoisotopic (exact) mass is 482 g/mol. The van der Waals surface area contributed by atoms with E-state index in [2.05, 4.69) is 5.32 Å². The molecule has 3 aromatic rings. The highest BCUT2D eigenvalue weighted by Gasteiger charge is 2.34. The molecule has 1 amide bonds. The minimum atomic E-state index is -3.65. The smallest absolute Gasteiger partial charge is 0.252 e. The fourth-order valence-corrected chi connectivity index (χ4v) is 7.04. The van der Waals surface area contributed by atoms with Crippen molar-refractivity contribution in [3.8, 4) is 5.75 Å². The van der Waals surface area contributed by atoms with Gasteiger partial charge in [-0.3, -0.25) is 4.79 Å². The standard InChI is InChI=1S/C25H26N2O4S2/c1-31-22-10-8-19(9-11-22)24(18-6-7-18)26-25(28)21-14-23(32-16-21)33(29,30)27-13-12-17-4-2-3-5-20(17)15-27/h2-5,8-11,14,16,18,24H,6-7,12-13,15H2,1H3,(H,26,28). The van der Waals surface area contributed by atoms with Crippen molar-refractivity contribution in [1.29, 1.82) is 0 Å². The van der Waals surface area contributed by atoms with Crippen LogP contribution >= 0.6 is 11.3 Å². The van der Waals surface area contributed by atoms with Gasteiger partial charge in [0.2, 0.25) is 0 Å². The van der Waals surface area contributed by atoms with Crippen LogP contribution < -0.4 is 10.1 Å². The number of methoxy groups -OCH3 is 1. The molecule has 1 N–H and O–H groups in total. The van der Waals surface area contributed by atoms with Crippen molar-refractivity contribution in [2.45, 2.75) is 36.1 Å². The van der Waals surface area contributed by atoms with Gasteiger partial charge in [0.05, 0.1) is 18.7 Å². The number of sulfonamides is 1. The van der Waals surface area contributed by atoms with Gasteiger partial charge >= 0.3 is 0 Å². The topological polar surface area (TPSA) is 75.7 Å². The van der Waals surface area contributed by atoms with Crippen molar-refractivity contribution in [3.63, 3.8) is 0 Å². The van der Waals surface area contributed by atoms with E-state index in [0.29, 0.717) is 31.0 Å². The summed E-state index contributed by atoms with van der Waals surface area (Å²) in [6.45, 7) is 0.805. The number of fused-ring (bicyclic) bond motifs is 1. The quantitative estimate of drug-likeness (QED) is 0.542. The Balaban J connectivity index is 1.31. The first kappa shape index (κ1) is 22.1. The highest BCUT2D eigenvalue weighted by Crippen LogP contribution is 2.41. The Morgan fingerprint density at radius 1 is 1.12 bits per heavy atom. The van der Waals surface area contributed by atoms with E-state index in [-0.39, 0.29) is 16.2 Å². The van der Waals surface area contributed by atoms with Gasteiger partial charge in [0.15, 0.2) is 0 Å². The maximum atomic E-state index is 13.2. The summed E-state index contributed by atoms with van der Waals surface area (Å²) in [6, 6.07) is 17.1. The third-order valence-corrected chi connectivity index (χ3v) is 9.64. The van der Waals surface area contributed by atoms with E-state index in [0.717, 1.165) is 41.1 Å². The number of amides is 1. The van der Waals surface area contributed by atoms with Gasteiger partial charge in [0.1, 0.15) is 9.96 Å². The third kappa shape index (κ3) is 4.55. The highest BCUT2D eigenvalue weighted by atomic mass is 32.2. The minimum Gasteiger partial charge on any atom is -0.497 e. The fraction of sp³-hybridized carbons (Fsp3) is 0.320. The van der Waals surface area contributed by atoms with E-state index in [9.17, 15) is 13.2 Å². The Morgan fingerprint density at radius 2 is 1.85 bits per heavy atom. The van der Waals surface area contributed by atoms with Gasteiger partial charge in [0, 0.05) is 18.5 Å². The van der Waals surface area contributed by atoms with Crippen LogP contribution in [0.4, 0.5) is 0 Å². The van der Waals surface area contributed by atoms with Crippen molar-refractivity contribution < 1.29 is 17.9 Å². The van der Waals surface area contributed by atoms with Gasteiger partial charge in [-0.05, 0) is 60.1 Å². The Hall–Kier alpha value is -2.68. The summed E-state index contributed by atoms with van der Waals surface area (Å²) in [6.07, 6.45) is 2.83. The second-order valence-electron chi connectivity index (χ2n) is 8.57. The maximum Gasteiger partial charge on any atom is 0.252 e. The van der Waals surface area contributed by atoms with Crippen molar-refractivity contribution >= 4 is 27.3 Å². The van der Waals surface area contributed by atoms with Gasteiger partial charge in [-0.25, -0.2) is 8.42 Å². The molecule has 1 aliphatic heterocycles. The fourth-order valence-electron chi connectivity index (χ4n) is 4.31. The molecule has 1 unspecified atom stereocenters. The number of carbonyl (C=O) groups is 1. The molecular weight excluding hydrogens is 456 g/mol. The molecule has 1 aliphatic carbocycles. The molecule has 0 radical (unpaired) electrons. The van der Waals surface area contributed by atoms with Crippen molar-refractivity contribution in [3.05, 3.63) is 82.2 Å². The third-order valence-electron chi connectivity index (χ3n) is 6.38. The summed E-state index contributed by atoms with van der Waals surface area (Å²) in [5, 5.41) is 4.76. The molecule has 33 heavy (non-hydrogen) atoms. The van der Waals surface area contributed by atoms with Crippen LogP contribution in [-0.2, 0) is 23.0 Å². The molecule has 6 nitrogen and oxygen atoms in total. The van der Waals surface area contributed by atoms with E-state index in [1.165, 1.54) is 15.9 Å². The van der Waals surface area contributed by atoms with Gasteiger partial charge in [0.25, 0.3) is 15.9 Å². The zero-order chi connectivity index (χ0) is 23.0. The molecule has 172 valence electrons. The minimum absolute atomic E-state index is 0.0954. The maximum absolute atomic E-state index is 13.2. The SMILES string of the molecule is COc1ccc(C(NC(=O)c2csc(S(=O)(=O)N3CCc4ccccc4C3)c2)C2CC2)cc1. The Morgan fingerprint density at radius 3 is 2.55 bits per heavy atom. The second kappa shape index (κ2) is 8.93. The van der Waals surface area contributed by atoms with Crippen LogP contribution in [0.5, 0.6) is 5.75 Å². The van der Waals surface area contributed by atoms with Crippen molar-refractivity contribution in [1.82, 2.24) is 9.62 Å². The van der Waals surface area contributed by atoms with Crippen molar-refractivity contribution in [2.75, 3.05) is 13.7 Å². The van der Waals surface area contributed by atoms with Gasteiger partial charge < -0.3 is 10.1 Å². The normalized spacial score (nSPS) is 17.2. The van der Waals surface area contributed by atoms with Crippen LogP contribution in [0.15, 0.2) is 64.2 Å². The first-order chi connectivity index (χ1) is 16.0. The van der Waals surface area contributed by atoms with Crippen LogP contribution in [0.3, 0.4) is 0 Å². The van der Waals surface area contributed by atoms with E-state index in [1.54, 1.807) is 12.5 Å². The lowest BCUT2D eigenvalue weighted by molar-refractivity contribution is 0.0932. The van der Waals surface area contributed by atoms with Gasteiger partial charge in [-0.1, -0.05) is 36.4 Å². The lowest BCUT2D eigenvalue weighted by Gasteiger charge is -2.27. The average Bonchev–Trinajstić information content (AvgIpc) is 3.56. The molecule has 2 aromatic carbocycles. The summed E-state index contributed by atoms with van der Waals surface area (Å²) >= 11 is 1.10. The molecule has 0 saturated heterocycles. The number of nitrogens with zero attached hydrogens (tertiary/aromatic N) is 1. The Labute approximate surface area is 198 Å².